The third-order valence-electron chi connectivity index (χ3n) is 6.19. The van der Waals surface area contributed by atoms with Crippen LogP contribution in [0.4, 0.5) is 10.5 Å². The quantitative estimate of drug-likeness (QED) is 0.503. The summed E-state index contributed by atoms with van der Waals surface area (Å²) in [6.07, 6.45) is -2.31. The standard InChI is InChI=1S/C21H29N3O8S/c1-30-14-4-2-13(3-5-14)23-21(27)22-12-17-19(26)20-16(32-17)10-15(31-20)11-18(25)24-6-8-33(28,29)9-7-24/h2-5,15-17,19-20,26H,6-12H2,1H3,(H2,22,23,27). The highest BCUT2D eigenvalue weighted by Crippen LogP contribution is 2.35. The number of aliphatic hydroxyl groups excluding tert-OH is 1. The van der Waals surface area contributed by atoms with Crippen LogP contribution in [0.1, 0.15) is 12.8 Å². The Bertz CT molecular complexity index is 956. The van der Waals surface area contributed by atoms with Crippen molar-refractivity contribution in [1.29, 1.82) is 0 Å². The second-order valence-electron chi connectivity index (χ2n) is 8.46. The third-order valence-corrected chi connectivity index (χ3v) is 7.80. The van der Waals surface area contributed by atoms with Gasteiger partial charge in [0, 0.05) is 31.7 Å². The highest BCUT2D eigenvalue weighted by Gasteiger charge is 2.50. The number of urea groups is 1. The number of sulfone groups is 1. The molecule has 1 aromatic carbocycles. The number of carbonyl (C=O) groups is 2. The van der Waals surface area contributed by atoms with Gasteiger partial charge in [-0.25, -0.2) is 13.2 Å². The number of nitrogens with one attached hydrogen (secondary N) is 2. The molecule has 3 amide bonds. The van der Waals surface area contributed by atoms with Crippen molar-refractivity contribution in [2.45, 2.75) is 43.4 Å². The SMILES string of the molecule is COc1ccc(NC(=O)NCC2OC3CC(CC(=O)N4CCS(=O)(=O)CC4)OC3C2O)cc1. The van der Waals surface area contributed by atoms with Gasteiger partial charge in [0.15, 0.2) is 9.84 Å². The van der Waals surface area contributed by atoms with Crippen LogP contribution in [0.15, 0.2) is 24.3 Å². The van der Waals surface area contributed by atoms with Crippen molar-refractivity contribution < 1.29 is 37.3 Å². The number of anilines is 1. The summed E-state index contributed by atoms with van der Waals surface area (Å²) in [5.41, 5.74) is 0.597. The molecule has 0 saturated carbocycles. The van der Waals surface area contributed by atoms with E-state index in [2.05, 4.69) is 10.6 Å². The molecule has 0 bridgehead atoms. The van der Waals surface area contributed by atoms with Crippen LogP contribution in [0.25, 0.3) is 0 Å². The fourth-order valence-electron chi connectivity index (χ4n) is 4.34. The average molecular weight is 484 g/mol. The number of rotatable bonds is 6. The first-order valence-electron chi connectivity index (χ1n) is 10.9. The predicted octanol–water partition coefficient (Wildman–Crippen LogP) is -0.250. The fourth-order valence-corrected chi connectivity index (χ4v) is 5.54. The van der Waals surface area contributed by atoms with E-state index in [0.717, 1.165) is 0 Å². The lowest BCUT2D eigenvalue weighted by molar-refractivity contribution is -0.134. The third kappa shape index (κ3) is 5.75. The Hall–Kier alpha value is -2.41. The number of amides is 3. The number of benzene rings is 1. The number of hydrogen-bond acceptors (Lipinski definition) is 8. The van der Waals surface area contributed by atoms with E-state index in [1.807, 2.05) is 0 Å². The Morgan fingerprint density at radius 3 is 2.52 bits per heavy atom. The first kappa shape index (κ1) is 23.7. The van der Waals surface area contributed by atoms with Gasteiger partial charge in [-0.3, -0.25) is 4.79 Å². The lowest BCUT2D eigenvalue weighted by atomic mass is 10.1. The molecule has 0 spiro atoms. The van der Waals surface area contributed by atoms with Crippen molar-refractivity contribution in [2.24, 2.45) is 0 Å². The zero-order valence-corrected chi connectivity index (χ0v) is 19.1. The molecule has 182 valence electrons. The van der Waals surface area contributed by atoms with E-state index < -0.39 is 40.3 Å². The van der Waals surface area contributed by atoms with Crippen molar-refractivity contribution in [3.63, 3.8) is 0 Å². The number of hydrogen-bond donors (Lipinski definition) is 3. The Kier molecular flexibility index (Phi) is 7.07. The molecule has 3 saturated heterocycles. The molecule has 3 N–H and O–H groups in total. The Morgan fingerprint density at radius 1 is 1.18 bits per heavy atom. The molecular weight excluding hydrogens is 454 g/mol. The normalized spacial score (nSPS) is 30.5. The summed E-state index contributed by atoms with van der Waals surface area (Å²) in [5, 5.41) is 16.0. The second-order valence-corrected chi connectivity index (χ2v) is 10.8. The summed E-state index contributed by atoms with van der Waals surface area (Å²) in [7, 11) is -1.49. The van der Waals surface area contributed by atoms with E-state index in [4.69, 9.17) is 14.2 Å². The molecule has 5 unspecified atom stereocenters. The number of methoxy groups -OCH3 is 1. The minimum absolute atomic E-state index is 0.0158. The monoisotopic (exact) mass is 483 g/mol. The largest absolute Gasteiger partial charge is 0.497 e. The maximum Gasteiger partial charge on any atom is 0.319 e. The molecule has 0 aliphatic carbocycles. The van der Waals surface area contributed by atoms with Crippen LogP contribution in [0.5, 0.6) is 5.75 Å². The Labute approximate surface area is 192 Å². The topological polar surface area (TPSA) is 144 Å². The lowest BCUT2D eigenvalue weighted by Gasteiger charge is -2.28. The van der Waals surface area contributed by atoms with Gasteiger partial charge in [0.05, 0.1) is 37.2 Å². The van der Waals surface area contributed by atoms with Gasteiger partial charge >= 0.3 is 6.03 Å². The van der Waals surface area contributed by atoms with Crippen LogP contribution in [-0.2, 0) is 24.1 Å². The van der Waals surface area contributed by atoms with Crippen molar-refractivity contribution >= 4 is 27.5 Å². The van der Waals surface area contributed by atoms with Gasteiger partial charge in [-0.1, -0.05) is 0 Å². The van der Waals surface area contributed by atoms with Crippen molar-refractivity contribution in [2.75, 3.05) is 43.6 Å². The first-order chi connectivity index (χ1) is 15.7. The number of fused-ring (bicyclic) bond motifs is 1. The number of ether oxygens (including phenoxy) is 3. The Morgan fingerprint density at radius 2 is 1.88 bits per heavy atom. The zero-order valence-electron chi connectivity index (χ0n) is 18.3. The molecule has 0 aromatic heterocycles. The highest BCUT2D eigenvalue weighted by atomic mass is 32.2. The summed E-state index contributed by atoms with van der Waals surface area (Å²) in [4.78, 5) is 26.2. The van der Waals surface area contributed by atoms with E-state index in [0.29, 0.717) is 17.9 Å². The lowest BCUT2D eigenvalue weighted by Crippen LogP contribution is -2.45. The molecule has 4 rings (SSSR count). The van der Waals surface area contributed by atoms with Crippen molar-refractivity contribution in [1.82, 2.24) is 10.2 Å². The molecule has 5 atom stereocenters. The minimum atomic E-state index is -3.05. The maximum atomic E-state index is 12.5. The maximum absolute atomic E-state index is 12.5. The van der Waals surface area contributed by atoms with Crippen molar-refractivity contribution in [3.05, 3.63) is 24.3 Å². The van der Waals surface area contributed by atoms with Crippen molar-refractivity contribution in [3.8, 4) is 5.75 Å². The van der Waals surface area contributed by atoms with Gasteiger partial charge in [-0.2, -0.15) is 0 Å². The smallest absolute Gasteiger partial charge is 0.319 e. The van der Waals surface area contributed by atoms with Gasteiger partial charge in [0.1, 0.15) is 24.1 Å². The molecule has 11 nitrogen and oxygen atoms in total. The van der Waals surface area contributed by atoms with Crippen LogP contribution < -0.4 is 15.4 Å². The summed E-state index contributed by atoms with van der Waals surface area (Å²) in [6.45, 7) is 0.504. The van der Waals surface area contributed by atoms with Crippen LogP contribution in [0.2, 0.25) is 0 Å². The second kappa shape index (κ2) is 9.84. The molecule has 33 heavy (non-hydrogen) atoms. The molecule has 3 heterocycles. The summed E-state index contributed by atoms with van der Waals surface area (Å²) >= 11 is 0. The van der Waals surface area contributed by atoms with E-state index in [1.165, 1.54) is 0 Å². The van der Waals surface area contributed by atoms with E-state index >= 15 is 0 Å². The molecule has 3 aliphatic rings. The van der Waals surface area contributed by atoms with Gasteiger partial charge < -0.3 is 34.9 Å². The van der Waals surface area contributed by atoms with Crippen LogP contribution in [-0.4, -0.2) is 99.1 Å². The van der Waals surface area contributed by atoms with Gasteiger partial charge in [-0.05, 0) is 24.3 Å². The number of carbonyl (C=O) groups excluding carboxylic acids is 2. The van der Waals surface area contributed by atoms with Gasteiger partial charge in [0.25, 0.3) is 0 Å². The average Bonchev–Trinajstić information content (AvgIpc) is 3.30. The van der Waals surface area contributed by atoms with E-state index in [-0.39, 0.29) is 49.6 Å². The molecule has 3 aliphatic heterocycles. The summed E-state index contributed by atoms with van der Waals surface area (Å²) in [6, 6.07) is 6.45. The molecule has 0 radical (unpaired) electrons. The van der Waals surface area contributed by atoms with E-state index in [1.54, 1.807) is 36.3 Å². The fraction of sp³-hybridized carbons (Fsp3) is 0.619. The molecule has 1 aromatic rings. The van der Waals surface area contributed by atoms with Gasteiger partial charge in [-0.15, -0.1) is 0 Å². The minimum Gasteiger partial charge on any atom is -0.497 e. The number of aliphatic hydroxyl groups is 1. The molecule has 12 heteroatoms. The molecular formula is C21H29N3O8S. The molecule has 3 fully saturated rings. The Balaban J connectivity index is 1.20. The van der Waals surface area contributed by atoms with Crippen LogP contribution >= 0.6 is 0 Å². The predicted molar refractivity (Wildman–Crippen MR) is 118 cm³/mol. The summed E-state index contributed by atoms with van der Waals surface area (Å²) < 4.78 is 39.9. The zero-order chi connectivity index (χ0) is 23.6. The van der Waals surface area contributed by atoms with Crippen LogP contribution in [0, 0.1) is 0 Å². The number of nitrogens with zero attached hydrogens (tertiary/aromatic N) is 1. The van der Waals surface area contributed by atoms with E-state index in [9.17, 15) is 23.1 Å². The summed E-state index contributed by atoms with van der Waals surface area (Å²) in [5.74, 6) is 0.493. The highest BCUT2D eigenvalue weighted by molar-refractivity contribution is 7.91. The van der Waals surface area contributed by atoms with Crippen LogP contribution in [0.3, 0.4) is 0 Å². The van der Waals surface area contributed by atoms with Gasteiger partial charge in [0.2, 0.25) is 5.91 Å². The first-order valence-corrected chi connectivity index (χ1v) is 12.7.